The van der Waals surface area contributed by atoms with Crippen LogP contribution >= 0.6 is 11.3 Å². The number of hydrogen-bond acceptors (Lipinski definition) is 5. The van der Waals surface area contributed by atoms with Gasteiger partial charge in [0.2, 0.25) is 10.0 Å². The van der Waals surface area contributed by atoms with Gasteiger partial charge in [0.15, 0.2) is 0 Å². The van der Waals surface area contributed by atoms with Crippen LogP contribution in [0.15, 0.2) is 82.0 Å². The summed E-state index contributed by atoms with van der Waals surface area (Å²) < 4.78 is 28.3. The van der Waals surface area contributed by atoms with Crippen molar-refractivity contribution in [3.8, 4) is 0 Å². The van der Waals surface area contributed by atoms with Crippen molar-refractivity contribution in [2.45, 2.75) is 17.9 Å². The maximum absolute atomic E-state index is 12.9. The molecule has 8 heteroatoms. The fraction of sp³-hybridized carbons (Fsp3) is 0.100. The molecule has 1 atom stereocenters. The molecule has 0 aliphatic heterocycles. The van der Waals surface area contributed by atoms with Crippen molar-refractivity contribution in [3.05, 3.63) is 104 Å². The predicted molar refractivity (Wildman–Crippen MR) is 110 cm³/mol. The third-order valence-electron chi connectivity index (χ3n) is 4.10. The second-order valence-corrected chi connectivity index (χ2v) is 8.66. The second kappa shape index (κ2) is 8.47. The van der Waals surface area contributed by atoms with Crippen LogP contribution < -0.4 is 4.72 Å². The van der Waals surface area contributed by atoms with Crippen molar-refractivity contribution in [2.24, 2.45) is 0 Å². The predicted octanol–water partition coefficient (Wildman–Crippen LogP) is 4.39. The fourth-order valence-corrected chi connectivity index (χ4v) is 4.47. The number of thiophene rings is 1. The number of hydrogen-bond donors (Lipinski definition) is 1. The Kier molecular flexibility index (Phi) is 6.03. The van der Waals surface area contributed by atoms with Crippen LogP contribution in [0.4, 0.5) is 0 Å². The highest BCUT2D eigenvalue weighted by molar-refractivity contribution is 7.89. The first-order valence-electron chi connectivity index (χ1n) is 8.39. The zero-order chi connectivity index (χ0) is 20.1. The van der Waals surface area contributed by atoms with E-state index in [4.69, 9.17) is 0 Å². The quantitative estimate of drug-likeness (QED) is 0.458. The van der Waals surface area contributed by atoms with Crippen molar-refractivity contribution in [3.63, 3.8) is 0 Å². The lowest BCUT2D eigenvalue weighted by atomic mass is 10.0. The zero-order valence-electron chi connectivity index (χ0n) is 15.0. The van der Waals surface area contributed by atoms with Gasteiger partial charge < -0.3 is 0 Å². The van der Waals surface area contributed by atoms with Gasteiger partial charge in [-0.05, 0) is 47.0 Å². The van der Waals surface area contributed by atoms with Gasteiger partial charge in [0.1, 0.15) is 6.04 Å². The van der Waals surface area contributed by atoms with Gasteiger partial charge in [-0.1, -0.05) is 48.0 Å². The summed E-state index contributed by atoms with van der Waals surface area (Å²) in [7, 11) is -3.97. The highest BCUT2D eigenvalue weighted by atomic mass is 32.2. The van der Waals surface area contributed by atoms with Crippen molar-refractivity contribution in [1.82, 2.24) is 4.72 Å². The summed E-state index contributed by atoms with van der Waals surface area (Å²) in [6.45, 7) is 1.85. The molecule has 2 aromatic carbocycles. The number of sulfonamides is 1. The molecule has 1 N–H and O–H groups in total. The van der Waals surface area contributed by atoms with Crippen LogP contribution in [0.1, 0.15) is 22.7 Å². The Morgan fingerprint density at radius 2 is 1.79 bits per heavy atom. The maximum atomic E-state index is 12.9. The van der Waals surface area contributed by atoms with Crippen LogP contribution in [0.3, 0.4) is 0 Å². The first-order chi connectivity index (χ1) is 13.4. The van der Waals surface area contributed by atoms with Gasteiger partial charge in [0.25, 0.3) is 5.70 Å². The molecule has 28 heavy (non-hydrogen) atoms. The normalized spacial score (nSPS) is 13.2. The Labute approximate surface area is 167 Å². The Morgan fingerprint density at radius 3 is 2.36 bits per heavy atom. The third kappa shape index (κ3) is 4.72. The van der Waals surface area contributed by atoms with Crippen molar-refractivity contribution in [1.29, 1.82) is 0 Å². The summed E-state index contributed by atoms with van der Waals surface area (Å²) in [6.07, 6.45) is 1.39. The number of nitro groups is 1. The van der Waals surface area contributed by atoms with Crippen molar-refractivity contribution in [2.75, 3.05) is 0 Å². The molecule has 1 unspecified atom stereocenters. The summed E-state index contributed by atoms with van der Waals surface area (Å²) >= 11 is 1.41. The molecule has 0 amide bonds. The molecule has 0 radical (unpaired) electrons. The third-order valence-corrected chi connectivity index (χ3v) is 6.24. The van der Waals surface area contributed by atoms with E-state index in [9.17, 15) is 18.5 Å². The molecule has 0 aliphatic carbocycles. The van der Waals surface area contributed by atoms with Crippen LogP contribution in [0.5, 0.6) is 0 Å². The Balaban J connectivity index is 2.07. The molecular formula is C20H18N2O4S2. The molecule has 0 spiro atoms. The van der Waals surface area contributed by atoms with Crippen LogP contribution in [0, 0.1) is 17.0 Å². The molecular weight excluding hydrogens is 396 g/mol. The van der Waals surface area contributed by atoms with Crippen molar-refractivity contribution < 1.29 is 13.3 Å². The molecule has 0 aliphatic rings. The van der Waals surface area contributed by atoms with Crippen molar-refractivity contribution >= 4 is 27.4 Å². The largest absolute Gasteiger partial charge is 0.269 e. The maximum Gasteiger partial charge on any atom is 0.269 e. The van der Waals surface area contributed by atoms with Gasteiger partial charge in [-0.15, -0.1) is 0 Å². The number of aryl methyl sites for hydroxylation is 1. The summed E-state index contributed by atoms with van der Waals surface area (Å²) in [5.74, 6) is 0. The molecule has 0 saturated heterocycles. The Bertz CT molecular complexity index is 1080. The number of rotatable bonds is 7. The van der Waals surface area contributed by atoms with Crippen LogP contribution in [-0.2, 0) is 10.0 Å². The molecule has 1 heterocycles. The minimum atomic E-state index is -3.97. The lowest BCUT2D eigenvalue weighted by molar-refractivity contribution is -0.429. The standard InChI is InChI=1S/C20H18N2O4S2/c1-15-7-9-18(10-8-15)28(25,26)21-20(17-5-3-2-4-6-17)19(22(23)24)13-16-11-12-27-14-16/h2-14,20-21H,1H3/b19-13+. The highest BCUT2D eigenvalue weighted by Gasteiger charge is 2.31. The smallest absolute Gasteiger partial charge is 0.259 e. The lowest BCUT2D eigenvalue weighted by Gasteiger charge is -2.17. The lowest BCUT2D eigenvalue weighted by Crippen LogP contribution is -2.32. The van der Waals surface area contributed by atoms with Crippen LogP contribution in [-0.4, -0.2) is 13.3 Å². The summed E-state index contributed by atoms with van der Waals surface area (Å²) in [4.78, 5) is 11.3. The van der Waals surface area contributed by atoms with E-state index in [-0.39, 0.29) is 10.6 Å². The molecule has 6 nitrogen and oxygen atoms in total. The minimum absolute atomic E-state index is 0.0530. The van der Waals surface area contributed by atoms with E-state index in [1.165, 1.54) is 29.5 Å². The summed E-state index contributed by atoms with van der Waals surface area (Å²) in [6, 6.07) is 15.4. The highest BCUT2D eigenvalue weighted by Crippen LogP contribution is 2.27. The van der Waals surface area contributed by atoms with E-state index in [1.54, 1.807) is 59.3 Å². The van der Waals surface area contributed by atoms with E-state index >= 15 is 0 Å². The van der Waals surface area contributed by atoms with Gasteiger partial charge in [0.05, 0.1) is 9.82 Å². The van der Waals surface area contributed by atoms with E-state index in [2.05, 4.69) is 4.72 Å². The summed E-state index contributed by atoms with van der Waals surface area (Å²) in [5.41, 5.74) is 1.80. The summed E-state index contributed by atoms with van der Waals surface area (Å²) in [5, 5.41) is 15.4. The molecule has 0 fully saturated rings. The zero-order valence-corrected chi connectivity index (χ0v) is 16.6. The molecule has 144 valence electrons. The van der Waals surface area contributed by atoms with Gasteiger partial charge in [-0.3, -0.25) is 10.1 Å². The molecule has 1 aromatic heterocycles. The Hall–Kier alpha value is -2.81. The molecule has 0 bridgehead atoms. The van der Waals surface area contributed by atoms with E-state index in [0.717, 1.165) is 5.56 Å². The Morgan fingerprint density at radius 1 is 1.11 bits per heavy atom. The first kappa shape index (κ1) is 19.9. The molecule has 3 aromatic rings. The van der Waals surface area contributed by atoms with E-state index in [1.807, 2.05) is 6.92 Å². The number of benzene rings is 2. The first-order valence-corrected chi connectivity index (χ1v) is 10.8. The topological polar surface area (TPSA) is 89.3 Å². The SMILES string of the molecule is Cc1ccc(S(=O)(=O)NC(/C(=C\c2ccsc2)[N+](=O)[O-])c2ccccc2)cc1. The number of nitrogens with zero attached hydrogens (tertiary/aromatic N) is 1. The average Bonchev–Trinajstić information content (AvgIpc) is 3.19. The van der Waals surface area contributed by atoms with Gasteiger partial charge in [-0.2, -0.15) is 16.1 Å². The average molecular weight is 415 g/mol. The van der Waals surface area contributed by atoms with Crippen LogP contribution in [0.2, 0.25) is 0 Å². The van der Waals surface area contributed by atoms with Gasteiger partial charge >= 0.3 is 0 Å². The molecule has 3 rings (SSSR count). The van der Waals surface area contributed by atoms with Gasteiger partial charge in [-0.25, -0.2) is 8.42 Å². The van der Waals surface area contributed by atoms with E-state index < -0.39 is 21.0 Å². The second-order valence-electron chi connectivity index (χ2n) is 6.16. The minimum Gasteiger partial charge on any atom is -0.259 e. The fourth-order valence-electron chi connectivity index (χ4n) is 2.65. The molecule has 0 saturated carbocycles. The number of nitrogens with one attached hydrogen (secondary N) is 1. The monoisotopic (exact) mass is 414 g/mol. The van der Waals surface area contributed by atoms with E-state index in [0.29, 0.717) is 11.1 Å². The van der Waals surface area contributed by atoms with Gasteiger partial charge in [0, 0.05) is 6.08 Å². The van der Waals surface area contributed by atoms with Crippen LogP contribution in [0.25, 0.3) is 6.08 Å².